The molecule has 0 aromatic heterocycles. The first kappa shape index (κ1) is 23.1. The Balaban J connectivity index is 0.00000529. The van der Waals surface area contributed by atoms with E-state index in [2.05, 4.69) is 10.0 Å². The Morgan fingerprint density at radius 2 is 1.75 bits per heavy atom. The van der Waals surface area contributed by atoms with E-state index in [1.807, 2.05) is 13.8 Å². The van der Waals surface area contributed by atoms with Crippen molar-refractivity contribution < 1.29 is 13.2 Å². The second-order valence-corrected chi connectivity index (χ2v) is 7.73. The van der Waals surface area contributed by atoms with Crippen LogP contribution < -0.4 is 15.8 Å². The quantitative estimate of drug-likeness (QED) is 0.624. The zero-order valence-electron chi connectivity index (χ0n) is 14.0. The third-order valence-corrected chi connectivity index (χ3v) is 5.68. The average Bonchev–Trinajstić information content (AvgIpc) is 2.52. The number of benzene rings is 1. The number of amides is 1. The van der Waals surface area contributed by atoms with E-state index in [1.165, 1.54) is 31.2 Å². The van der Waals surface area contributed by atoms with E-state index in [9.17, 15) is 13.2 Å². The predicted molar refractivity (Wildman–Crippen MR) is 99.0 cm³/mol. The molecule has 0 saturated heterocycles. The van der Waals surface area contributed by atoms with Gasteiger partial charge >= 0.3 is 0 Å². The summed E-state index contributed by atoms with van der Waals surface area (Å²) in [5, 5.41) is 3.13. The minimum absolute atomic E-state index is 0. The standard InChI is InChI=1S/C15H24ClN3O3S.ClH/c1-4-15(17,5-2)10-18-14(20)11(3)19-23(21,22)13-8-6-12(16)7-9-13;/h6-9,11,19H,4-5,10,17H2,1-3H3,(H,18,20);1H. The zero-order valence-corrected chi connectivity index (χ0v) is 16.4. The second kappa shape index (κ2) is 9.58. The highest BCUT2D eigenvalue weighted by molar-refractivity contribution is 7.89. The molecule has 1 unspecified atom stereocenters. The highest BCUT2D eigenvalue weighted by Crippen LogP contribution is 2.14. The van der Waals surface area contributed by atoms with Crippen molar-refractivity contribution in [2.45, 2.75) is 50.1 Å². The normalized spacial score (nSPS) is 13.0. The van der Waals surface area contributed by atoms with Crippen LogP contribution in [0.25, 0.3) is 0 Å². The van der Waals surface area contributed by atoms with Gasteiger partial charge in [0.15, 0.2) is 0 Å². The summed E-state index contributed by atoms with van der Waals surface area (Å²) in [5.74, 6) is -0.417. The predicted octanol–water partition coefficient (Wildman–Crippen LogP) is 2.06. The van der Waals surface area contributed by atoms with Gasteiger partial charge in [0.25, 0.3) is 0 Å². The summed E-state index contributed by atoms with van der Waals surface area (Å²) in [6.07, 6.45) is 1.43. The van der Waals surface area contributed by atoms with Crippen LogP contribution in [-0.4, -0.2) is 32.5 Å². The van der Waals surface area contributed by atoms with Gasteiger partial charge in [-0.3, -0.25) is 4.79 Å². The third-order valence-electron chi connectivity index (χ3n) is 3.87. The number of rotatable bonds is 8. The molecule has 0 fully saturated rings. The maximum Gasteiger partial charge on any atom is 0.241 e. The van der Waals surface area contributed by atoms with E-state index in [1.54, 1.807) is 0 Å². The average molecular weight is 398 g/mol. The topological polar surface area (TPSA) is 101 Å². The van der Waals surface area contributed by atoms with E-state index in [0.29, 0.717) is 24.4 Å². The van der Waals surface area contributed by atoms with Gasteiger partial charge in [-0.15, -0.1) is 12.4 Å². The van der Waals surface area contributed by atoms with Crippen LogP contribution in [-0.2, 0) is 14.8 Å². The van der Waals surface area contributed by atoms with Crippen LogP contribution in [0.3, 0.4) is 0 Å². The van der Waals surface area contributed by atoms with Crippen molar-refractivity contribution in [2.24, 2.45) is 5.73 Å². The smallest absolute Gasteiger partial charge is 0.241 e. The fourth-order valence-corrected chi connectivity index (χ4v) is 3.21. The lowest BCUT2D eigenvalue weighted by molar-refractivity contribution is -0.122. The van der Waals surface area contributed by atoms with Crippen LogP contribution in [0.1, 0.15) is 33.6 Å². The van der Waals surface area contributed by atoms with Crippen molar-refractivity contribution in [3.05, 3.63) is 29.3 Å². The van der Waals surface area contributed by atoms with Crippen LogP contribution in [0.15, 0.2) is 29.2 Å². The van der Waals surface area contributed by atoms with Crippen molar-refractivity contribution in [2.75, 3.05) is 6.54 Å². The molecule has 1 atom stereocenters. The Bertz CT molecular complexity index is 632. The molecule has 1 aromatic carbocycles. The first-order valence-corrected chi connectivity index (χ1v) is 9.34. The van der Waals surface area contributed by atoms with E-state index in [-0.39, 0.29) is 17.3 Å². The Morgan fingerprint density at radius 1 is 1.25 bits per heavy atom. The highest BCUT2D eigenvalue weighted by atomic mass is 35.5. The van der Waals surface area contributed by atoms with Crippen LogP contribution in [0.4, 0.5) is 0 Å². The molecule has 0 spiro atoms. The fraction of sp³-hybridized carbons (Fsp3) is 0.533. The van der Waals surface area contributed by atoms with Gasteiger partial charge in [0, 0.05) is 17.1 Å². The van der Waals surface area contributed by atoms with Gasteiger partial charge in [-0.1, -0.05) is 25.4 Å². The van der Waals surface area contributed by atoms with Crippen molar-refractivity contribution in [1.82, 2.24) is 10.0 Å². The molecule has 9 heteroatoms. The number of sulfonamides is 1. The maximum absolute atomic E-state index is 12.2. The van der Waals surface area contributed by atoms with Crippen LogP contribution in [0.5, 0.6) is 0 Å². The summed E-state index contributed by atoms with van der Waals surface area (Å²) < 4.78 is 26.8. The summed E-state index contributed by atoms with van der Waals surface area (Å²) >= 11 is 5.74. The molecule has 138 valence electrons. The lowest BCUT2D eigenvalue weighted by Gasteiger charge is -2.27. The molecule has 0 aliphatic rings. The van der Waals surface area contributed by atoms with Gasteiger partial charge in [-0.05, 0) is 44.0 Å². The van der Waals surface area contributed by atoms with E-state index >= 15 is 0 Å². The monoisotopic (exact) mass is 397 g/mol. The zero-order chi connectivity index (χ0) is 17.7. The van der Waals surface area contributed by atoms with Crippen LogP contribution in [0.2, 0.25) is 5.02 Å². The molecular weight excluding hydrogens is 373 g/mol. The summed E-state index contributed by atoms with van der Waals surface area (Å²) in [7, 11) is -3.79. The molecule has 0 bridgehead atoms. The summed E-state index contributed by atoms with van der Waals surface area (Å²) in [4.78, 5) is 12.1. The van der Waals surface area contributed by atoms with E-state index < -0.39 is 27.5 Å². The molecule has 0 aliphatic heterocycles. The maximum atomic E-state index is 12.2. The van der Waals surface area contributed by atoms with Gasteiger partial charge in [0.2, 0.25) is 15.9 Å². The molecule has 0 aliphatic carbocycles. The molecular formula is C15H25Cl2N3O3S. The lowest BCUT2D eigenvalue weighted by Crippen LogP contribution is -2.53. The third kappa shape index (κ3) is 6.57. The molecule has 0 heterocycles. The van der Waals surface area contributed by atoms with Crippen LogP contribution >= 0.6 is 24.0 Å². The highest BCUT2D eigenvalue weighted by Gasteiger charge is 2.25. The van der Waals surface area contributed by atoms with Gasteiger partial charge in [0.1, 0.15) is 0 Å². The van der Waals surface area contributed by atoms with E-state index in [4.69, 9.17) is 17.3 Å². The van der Waals surface area contributed by atoms with Gasteiger partial charge in [-0.2, -0.15) is 4.72 Å². The number of hydrogen-bond acceptors (Lipinski definition) is 4. The van der Waals surface area contributed by atoms with Gasteiger partial charge in [-0.25, -0.2) is 8.42 Å². The number of halogens is 2. The SMILES string of the molecule is CCC(N)(CC)CNC(=O)C(C)NS(=O)(=O)c1ccc(Cl)cc1.Cl. The van der Waals surface area contributed by atoms with Gasteiger partial charge < -0.3 is 11.1 Å². The Labute approximate surface area is 155 Å². The Hall–Kier alpha value is -0.860. The molecule has 6 nitrogen and oxygen atoms in total. The minimum atomic E-state index is -3.79. The van der Waals surface area contributed by atoms with Gasteiger partial charge in [0.05, 0.1) is 10.9 Å². The summed E-state index contributed by atoms with van der Waals surface area (Å²) in [6, 6.07) is 4.81. The largest absolute Gasteiger partial charge is 0.353 e. The van der Waals surface area contributed by atoms with Crippen molar-refractivity contribution >= 4 is 39.9 Å². The number of carbonyl (C=O) groups is 1. The summed E-state index contributed by atoms with van der Waals surface area (Å²) in [5.41, 5.74) is 5.63. The molecule has 1 aromatic rings. The second-order valence-electron chi connectivity index (χ2n) is 5.58. The Kier molecular flexibility index (Phi) is 9.24. The molecule has 0 radical (unpaired) electrons. The molecule has 4 N–H and O–H groups in total. The number of carbonyl (C=O) groups excluding carboxylic acids is 1. The molecule has 24 heavy (non-hydrogen) atoms. The Morgan fingerprint density at radius 3 is 2.21 bits per heavy atom. The first-order chi connectivity index (χ1) is 10.6. The fourth-order valence-electron chi connectivity index (χ4n) is 1.88. The lowest BCUT2D eigenvalue weighted by atomic mass is 9.94. The van der Waals surface area contributed by atoms with Crippen molar-refractivity contribution in [1.29, 1.82) is 0 Å². The number of nitrogens with one attached hydrogen (secondary N) is 2. The van der Waals surface area contributed by atoms with E-state index in [0.717, 1.165) is 0 Å². The number of nitrogens with two attached hydrogens (primary N) is 1. The van der Waals surface area contributed by atoms with Crippen molar-refractivity contribution in [3.8, 4) is 0 Å². The summed E-state index contributed by atoms with van der Waals surface area (Å²) in [6.45, 7) is 5.68. The number of hydrogen-bond donors (Lipinski definition) is 3. The van der Waals surface area contributed by atoms with Crippen LogP contribution in [0, 0.1) is 0 Å². The minimum Gasteiger partial charge on any atom is -0.353 e. The molecule has 0 saturated carbocycles. The first-order valence-electron chi connectivity index (χ1n) is 7.48. The van der Waals surface area contributed by atoms with Crippen molar-refractivity contribution in [3.63, 3.8) is 0 Å². The molecule has 1 rings (SSSR count). The molecule has 1 amide bonds.